The summed E-state index contributed by atoms with van der Waals surface area (Å²) in [6.45, 7) is 3.80. The van der Waals surface area contributed by atoms with Crippen molar-refractivity contribution in [2.24, 2.45) is 5.92 Å². The highest BCUT2D eigenvalue weighted by Crippen LogP contribution is 2.35. The monoisotopic (exact) mass is 423 g/mol. The SMILES string of the molecule is CCC(O)c1cc(C)c(Nc2cncnc2-c2cc(NC(=O)[C@H]3C[C@H]3F)ncn2)cn1. The molecule has 0 saturated heterocycles. The van der Waals surface area contributed by atoms with E-state index in [9.17, 15) is 14.3 Å². The quantitative estimate of drug-likeness (QED) is 0.529. The molecule has 1 fully saturated rings. The zero-order chi connectivity index (χ0) is 22.0. The first kappa shape index (κ1) is 20.7. The van der Waals surface area contributed by atoms with Crippen LogP contribution in [0.25, 0.3) is 11.4 Å². The molecular weight excluding hydrogens is 401 g/mol. The van der Waals surface area contributed by atoms with E-state index in [4.69, 9.17) is 0 Å². The molecule has 3 N–H and O–H groups in total. The maximum atomic E-state index is 13.1. The van der Waals surface area contributed by atoms with Crippen molar-refractivity contribution < 1.29 is 14.3 Å². The molecule has 1 aliphatic rings. The summed E-state index contributed by atoms with van der Waals surface area (Å²) in [6, 6.07) is 3.40. The van der Waals surface area contributed by atoms with Crippen LogP contribution in [-0.2, 0) is 4.79 Å². The predicted molar refractivity (Wildman–Crippen MR) is 112 cm³/mol. The van der Waals surface area contributed by atoms with E-state index in [2.05, 4.69) is 35.6 Å². The van der Waals surface area contributed by atoms with E-state index in [1.807, 2.05) is 19.9 Å². The average molecular weight is 423 g/mol. The summed E-state index contributed by atoms with van der Waals surface area (Å²) in [5.74, 6) is -0.733. The van der Waals surface area contributed by atoms with Gasteiger partial charge in [0, 0.05) is 6.07 Å². The number of pyridine rings is 1. The number of carbonyl (C=O) groups excluding carboxylic acids is 1. The molecular formula is C21H22FN7O2. The molecule has 3 heterocycles. The minimum atomic E-state index is -1.08. The van der Waals surface area contributed by atoms with Crippen LogP contribution in [0.5, 0.6) is 0 Å². The summed E-state index contributed by atoms with van der Waals surface area (Å²) in [7, 11) is 0. The Hall–Kier alpha value is -3.53. The molecule has 1 saturated carbocycles. The van der Waals surface area contributed by atoms with Gasteiger partial charge in [0.15, 0.2) is 0 Å². The van der Waals surface area contributed by atoms with E-state index in [0.29, 0.717) is 29.2 Å². The Morgan fingerprint density at radius 1 is 1.19 bits per heavy atom. The highest BCUT2D eigenvalue weighted by atomic mass is 19.1. The number of aliphatic hydroxyl groups excluding tert-OH is 1. The zero-order valence-corrected chi connectivity index (χ0v) is 17.1. The van der Waals surface area contributed by atoms with Crippen LogP contribution in [0.4, 0.5) is 21.6 Å². The molecule has 31 heavy (non-hydrogen) atoms. The van der Waals surface area contributed by atoms with Crippen molar-refractivity contribution in [3.05, 3.63) is 48.4 Å². The second kappa shape index (κ2) is 8.68. The molecule has 0 spiro atoms. The molecule has 10 heteroatoms. The lowest BCUT2D eigenvalue weighted by atomic mass is 10.1. The number of aryl methyl sites for hydroxylation is 1. The number of anilines is 3. The largest absolute Gasteiger partial charge is 0.387 e. The van der Waals surface area contributed by atoms with E-state index < -0.39 is 24.1 Å². The average Bonchev–Trinajstić information content (AvgIpc) is 3.52. The normalized spacial score (nSPS) is 18.3. The number of amides is 1. The number of hydrogen-bond acceptors (Lipinski definition) is 8. The highest BCUT2D eigenvalue weighted by Gasteiger charge is 2.43. The Labute approximate surface area is 178 Å². The number of halogens is 1. The molecule has 0 aliphatic heterocycles. The van der Waals surface area contributed by atoms with Gasteiger partial charge in [-0.2, -0.15) is 0 Å². The van der Waals surface area contributed by atoms with Crippen LogP contribution in [0.1, 0.15) is 37.1 Å². The highest BCUT2D eigenvalue weighted by molar-refractivity contribution is 5.94. The van der Waals surface area contributed by atoms with Gasteiger partial charge in [0.1, 0.15) is 30.3 Å². The van der Waals surface area contributed by atoms with Crippen molar-refractivity contribution in [3.63, 3.8) is 0 Å². The Kier molecular flexibility index (Phi) is 5.81. The van der Waals surface area contributed by atoms with Gasteiger partial charge in [0.25, 0.3) is 0 Å². The Morgan fingerprint density at radius 3 is 2.71 bits per heavy atom. The van der Waals surface area contributed by atoms with Crippen molar-refractivity contribution in [3.8, 4) is 11.4 Å². The fourth-order valence-corrected chi connectivity index (χ4v) is 3.08. The molecule has 0 bridgehead atoms. The lowest BCUT2D eigenvalue weighted by Gasteiger charge is -2.14. The predicted octanol–water partition coefficient (Wildman–Crippen LogP) is 3.12. The summed E-state index contributed by atoms with van der Waals surface area (Å²) < 4.78 is 13.1. The first-order chi connectivity index (χ1) is 15.0. The molecule has 4 rings (SSSR count). The molecule has 160 valence electrons. The molecule has 9 nitrogen and oxygen atoms in total. The fraction of sp³-hybridized carbons (Fsp3) is 0.333. The molecule has 3 aromatic rings. The number of nitrogens with zero attached hydrogens (tertiary/aromatic N) is 5. The second-order valence-electron chi connectivity index (χ2n) is 7.39. The van der Waals surface area contributed by atoms with Gasteiger partial charge in [0.2, 0.25) is 5.91 Å². The molecule has 1 aliphatic carbocycles. The summed E-state index contributed by atoms with van der Waals surface area (Å²) in [4.78, 5) is 33.0. The van der Waals surface area contributed by atoms with Gasteiger partial charge >= 0.3 is 0 Å². The van der Waals surface area contributed by atoms with Crippen LogP contribution in [0.15, 0.2) is 37.2 Å². The van der Waals surface area contributed by atoms with Gasteiger partial charge in [-0.3, -0.25) is 9.78 Å². The van der Waals surface area contributed by atoms with Crippen LogP contribution >= 0.6 is 0 Å². The van der Waals surface area contributed by atoms with Crippen molar-refractivity contribution >= 4 is 23.1 Å². The first-order valence-corrected chi connectivity index (χ1v) is 9.95. The van der Waals surface area contributed by atoms with Gasteiger partial charge in [0.05, 0.1) is 47.2 Å². The Bertz CT molecular complexity index is 1110. The minimum Gasteiger partial charge on any atom is -0.387 e. The van der Waals surface area contributed by atoms with Crippen molar-refractivity contribution in [1.29, 1.82) is 0 Å². The van der Waals surface area contributed by atoms with Gasteiger partial charge in [-0.25, -0.2) is 24.3 Å². The van der Waals surface area contributed by atoms with Crippen LogP contribution in [-0.4, -0.2) is 42.1 Å². The maximum Gasteiger partial charge on any atom is 0.231 e. The van der Waals surface area contributed by atoms with Crippen molar-refractivity contribution in [1.82, 2.24) is 24.9 Å². The summed E-state index contributed by atoms with van der Waals surface area (Å²) in [5, 5.41) is 15.9. The number of nitrogens with one attached hydrogen (secondary N) is 2. The van der Waals surface area contributed by atoms with E-state index >= 15 is 0 Å². The fourth-order valence-electron chi connectivity index (χ4n) is 3.08. The molecule has 0 aromatic carbocycles. The molecule has 3 atom stereocenters. The third-order valence-corrected chi connectivity index (χ3v) is 5.05. The Balaban J connectivity index is 1.58. The molecule has 3 aromatic heterocycles. The molecule has 1 unspecified atom stereocenters. The van der Waals surface area contributed by atoms with Crippen molar-refractivity contribution in [2.75, 3.05) is 10.6 Å². The third-order valence-electron chi connectivity index (χ3n) is 5.05. The Morgan fingerprint density at radius 2 is 2.00 bits per heavy atom. The summed E-state index contributed by atoms with van der Waals surface area (Å²) in [6.07, 6.45) is 5.08. The third kappa shape index (κ3) is 4.64. The van der Waals surface area contributed by atoms with Gasteiger partial charge < -0.3 is 15.7 Å². The number of aromatic nitrogens is 5. The first-order valence-electron chi connectivity index (χ1n) is 9.95. The number of rotatable bonds is 7. The van der Waals surface area contributed by atoms with E-state index in [-0.39, 0.29) is 12.2 Å². The van der Waals surface area contributed by atoms with E-state index in [1.165, 1.54) is 12.7 Å². The number of carbonyl (C=O) groups is 1. The maximum absolute atomic E-state index is 13.1. The standard InChI is InChI=1S/C21H22FN7O2/c1-3-18(30)14-4-11(2)16(8-24-14)28-17-7-23-9-27-20(17)15-6-19(26-10-25-15)29-21(31)12-5-13(12)22/h4,6-10,12-13,18,28,30H,3,5H2,1-2H3,(H,25,26,29,31)/t12-,13+,18?/m0/s1. The lowest BCUT2D eigenvalue weighted by molar-refractivity contribution is -0.117. The second-order valence-corrected chi connectivity index (χ2v) is 7.39. The van der Waals surface area contributed by atoms with Crippen molar-refractivity contribution in [2.45, 2.75) is 39.0 Å². The van der Waals surface area contributed by atoms with Crippen LogP contribution in [0.2, 0.25) is 0 Å². The topological polar surface area (TPSA) is 126 Å². The van der Waals surface area contributed by atoms with Crippen LogP contribution in [0, 0.1) is 12.8 Å². The smallest absolute Gasteiger partial charge is 0.231 e. The minimum absolute atomic E-state index is 0.241. The van der Waals surface area contributed by atoms with Gasteiger partial charge in [-0.15, -0.1) is 0 Å². The number of alkyl halides is 1. The van der Waals surface area contributed by atoms with E-state index in [0.717, 1.165) is 11.3 Å². The van der Waals surface area contributed by atoms with Gasteiger partial charge in [-0.1, -0.05) is 6.92 Å². The molecule has 0 radical (unpaired) electrons. The van der Waals surface area contributed by atoms with Gasteiger partial charge in [-0.05, 0) is 31.4 Å². The van der Waals surface area contributed by atoms with E-state index in [1.54, 1.807) is 18.5 Å². The summed E-state index contributed by atoms with van der Waals surface area (Å²) >= 11 is 0. The summed E-state index contributed by atoms with van der Waals surface area (Å²) in [5.41, 5.74) is 3.78. The van der Waals surface area contributed by atoms with Crippen LogP contribution in [0.3, 0.4) is 0 Å². The lowest BCUT2D eigenvalue weighted by Crippen LogP contribution is -2.16. The number of hydrogen-bond donors (Lipinski definition) is 3. The number of aliphatic hydroxyl groups is 1. The molecule has 1 amide bonds. The van der Waals surface area contributed by atoms with Crippen LogP contribution < -0.4 is 10.6 Å². The zero-order valence-electron chi connectivity index (χ0n) is 17.1.